The number of halogens is 1. The zero-order valence-electron chi connectivity index (χ0n) is 20.8. The second-order valence-electron chi connectivity index (χ2n) is 9.19. The second kappa shape index (κ2) is 11.4. The molecule has 0 saturated heterocycles. The molecular formula is C31H25ClN2O5. The largest absolute Gasteiger partial charge is 0.480 e. The quantitative estimate of drug-likeness (QED) is 0.268. The van der Waals surface area contributed by atoms with E-state index >= 15 is 0 Å². The first-order valence-corrected chi connectivity index (χ1v) is 12.7. The average molecular weight is 541 g/mol. The Bertz CT molecular complexity index is 1490. The highest BCUT2D eigenvalue weighted by Crippen LogP contribution is 2.44. The third-order valence-corrected chi connectivity index (χ3v) is 6.94. The molecule has 0 unspecified atom stereocenters. The van der Waals surface area contributed by atoms with Crippen molar-refractivity contribution < 1.29 is 24.2 Å². The Labute approximate surface area is 230 Å². The lowest BCUT2D eigenvalue weighted by Gasteiger charge is -2.21. The Hall–Kier alpha value is -4.62. The number of hydrogen-bond acceptors (Lipinski definition) is 4. The number of nitrogens with one attached hydrogen (secondary N) is 1. The van der Waals surface area contributed by atoms with Gasteiger partial charge in [-0.25, -0.2) is 4.79 Å². The van der Waals surface area contributed by atoms with E-state index < -0.39 is 24.5 Å². The van der Waals surface area contributed by atoms with Crippen molar-refractivity contribution in [1.82, 2.24) is 4.90 Å². The molecule has 4 aromatic rings. The van der Waals surface area contributed by atoms with Crippen LogP contribution < -0.4 is 5.32 Å². The molecule has 5 rings (SSSR count). The molecule has 0 aliphatic heterocycles. The van der Waals surface area contributed by atoms with Crippen LogP contribution in [-0.2, 0) is 16.1 Å². The number of ether oxygens (including phenoxy) is 1. The minimum atomic E-state index is -1.13. The van der Waals surface area contributed by atoms with Gasteiger partial charge in [0.1, 0.15) is 13.2 Å². The Morgan fingerprint density at radius 2 is 1.46 bits per heavy atom. The van der Waals surface area contributed by atoms with Crippen molar-refractivity contribution in [3.05, 3.63) is 124 Å². The number of benzene rings is 4. The number of carbonyl (C=O) groups is 3. The predicted molar refractivity (Wildman–Crippen MR) is 149 cm³/mol. The number of aliphatic carboxylic acids is 1. The van der Waals surface area contributed by atoms with E-state index in [2.05, 4.69) is 17.4 Å². The number of amides is 2. The fraction of sp³-hybridized carbons (Fsp3) is 0.129. The highest BCUT2D eigenvalue weighted by molar-refractivity contribution is 6.34. The number of nitrogens with zero attached hydrogens (tertiary/aromatic N) is 1. The fourth-order valence-electron chi connectivity index (χ4n) is 4.84. The number of hydrogen-bond donors (Lipinski definition) is 2. The molecule has 1 aliphatic rings. The fourth-order valence-corrected chi connectivity index (χ4v) is 5.07. The van der Waals surface area contributed by atoms with E-state index in [0.29, 0.717) is 0 Å². The van der Waals surface area contributed by atoms with Crippen LogP contribution in [0.1, 0.15) is 33.0 Å². The summed E-state index contributed by atoms with van der Waals surface area (Å²) in [7, 11) is 0. The molecule has 1 aliphatic carbocycles. The summed E-state index contributed by atoms with van der Waals surface area (Å²) in [5, 5.41) is 12.1. The Balaban J connectivity index is 1.25. The molecule has 0 radical (unpaired) electrons. The average Bonchev–Trinajstić information content (AvgIpc) is 3.26. The van der Waals surface area contributed by atoms with Crippen molar-refractivity contribution in [2.45, 2.75) is 12.5 Å². The molecule has 0 spiro atoms. The van der Waals surface area contributed by atoms with Gasteiger partial charge in [-0.15, -0.1) is 0 Å². The van der Waals surface area contributed by atoms with Crippen LogP contribution in [0.4, 0.5) is 10.5 Å². The molecule has 0 fully saturated rings. The van der Waals surface area contributed by atoms with Crippen LogP contribution in [0.2, 0.25) is 5.02 Å². The Morgan fingerprint density at radius 3 is 2.08 bits per heavy atom. The van der Waals surface area contributed by atoms with E-state index in [9.17, 15) is 19.5 Å². The van der Waals surface area contributed by atoms with Crippen LogP contribution in [0.25, 0.3) is 11.1 Å². The highest BCUT2D eigenvalue weighted by atomic mass is 35.5. The van der Waals surface area contributed by atoms with Crippen molar-refractivity contribution in [1.29, 1.82) is 0 Å². The SMILES string of the molecule is O=C(O)CN(Cc1ccccc1)C(=O)c1ccc(NC(=O)OCC2c3ccccc3-c3ccccc32)c(Cl)c1. The van der Waals surface area contributed by atoms with Crippen molar-refractivity contribution in [2.75, 3.05) is 18.5 Å². The van der Waals surface area contributed by atoms with Crippen LogP contribution in [0.3, 0.4) is 0 Å². The van der Waals surface area contributed by atoms with Crippen LogP contribution in [0.15, 0.2) is 97.1 Å². The number of anilines is 1. The lowest BCUT2D eigenvalue weighted by molar-refractivity contribution is -0.137. The third-order valence-electron chi connectivity index (χ3n) is 6.63. The van der Waals surface area contributed by atoms with Crippen molar-refractivity contribution in [3.8, 4) is 11.1 Å². The van der Waals surface area contributed by atoms with Gasteiger partial charge in [0.2, 0.25) is 0 Å². The van der Waals surface area contributed by atoms with Gasteiger partial charge in [-0.2, -0.15) is 0 Å². The van der Waals surface area contributed by atoms with E-state index in [-0.39, 0.29) is 35.3 Å². The second-order valence-corrected chi connectivity index (χ2v) is 9.59. The number of fused-ring (bicyclic) bond motifs is 3. The molecule has 196 valence electrons. The summed E-state index contributed by atoms with van der Waals surface area (Å²) in [4.78, 5) is 38.4. The van der Waals surface area contributed by atoms with Crippen LogP contribution in [0, 0.1) is 0 Å². The van der Waals surface area contributed by atoms with Crippen LogP contribution in [-0.4, -0.2) is 41.1 Å². The van der Waals surface area contributed by atoms with Crippen molar-refractivity contribution in [3.63, 3.8) is 0 Å². The molecule has 2 amide bonds. The monoisotopic (exact) mass is 540 g/mol. The van der Waals surface area contributed by atoms with Crippen LogP contribution >= 0.6 is 11.6 Å². The standard InChI is InChI=1S/C31H25ClN2O5/c32-27-16-21(30(37)34(18-29(35)36)17-20-8-2-1-3-9-20)14-15-28(27)33-31(38)39-19-26-24-12-6-4-10-22(24)23-11-5-7-13-25(23)26/h1-16,26H,17-19H2,(H,33,38)(H,35,36). The Morgan fingerprint density at radius 1 is 0.846 bits per heavy atom. The number of carbonyl (C=O) groups excluding carboxylic acids is 2. The van der Waals surface area contributed by atoms with Gasteiger partial charge in [0.25, 0.3) is 5.91 Å². The van der Waals surface area contributed by atoms with E-state index in [1.165, 1.54) is 23.1 Å². The molecule has 7 nitrogen and oxygen atoms in total. The van der Waals surface area contributed by atoms with Gasteiger partial charge in [0, 0.05) is 18.0 Å². The van der Waals surface area contributed by atoms with Crippen molar-refractivity contribution in [2.24, 2.45) is 0 Å². The normalized spacial score (nSPS) is 11.8. The predicted octanol–water partition coefficient (Wildman–Crippen LogP) is 6.43. The van der Waals surface area contributed by atoms with Crippen molar-refractivity contribution >= 4 is 35.3 Å². The van der Waals surface area contributed by atoms with Gasteiger partial charge >= 0.3 is 12.1 Å². The first kappa shape index (κ1) is 26.0. The molecular weight excluding hydrogens is 516 g/mol. The molecule has 2 N–H and O–H groups in total. The summed E-state index contributed by atoms with van der Waals surface area (Å²) in [6.45, 7) is -0.188. The maximum Gasteiger partial charge on any atom is 0.411 e. The smallest absolute Gasteiger partial charge is 0.411 e. The lowest BCUT2D eigenvalue weighted by Crippen LogP contribution is -2.35. The summed E-state index contributed by atoms with van der Waals surface area (Å²) in [5.41, 5.74) is 5.76. The minimum Gasteiger partial charge on any atom is -0.480 e. The zero-order valence-corrected chi connectivity index (χ0v) is 21.6. The maximum atomic E-state index is 13.1. The zero-order chi connectivity index (χ0) is 27.4. The summed E-state index contributed by atoms with van der Waals surface area (Å²) in [6, 6.07) is 29.6. The van der Waals surface area contributed by atoms with Crippen LogP contribution in [0.5, 0.6) is 0 Å². The van der Waals surface area contributed by atoms with Gasteiger partial charge < -0.3 is 14.7 Å². The van der Waals surface area contributed by atoms with E-state index in [0.717, 1.165) is 27.8 Å². The molecule has 0 atom stereocenters. The first-order valence-electron chi connectivity index (χ1n) is 12.4. The Kier molecular flexibility index (Phi) is 7.61. The van der Waals surface area contributed by atoms with E-state index in [4.69, 9.17) is 16.3 Å². The summed E-state index contributed by atoms with van der Waals surface area (Å²) in [6.07, 6.45) is -0.672. The summed E-state index contributed by atoms with van der Waals surface area (Å²) in [5.74, 6) is -1.70. The molecule has 39 heavy (non-hydrogen) atoms. The molecule has 4 aromatic carbocycles. The molecule has 0 bridgehead atoms. The molecule has 8 heteroatoms. The topological polar surface area (TPSA) is 95.9 Å². The molecule has 0 heterocycles. The van der Waals surface area contributed by atoms with Gasteiger partial charge in [0.15, 0.2) is 0 Å². The molecule has 0 aromatic heterocycles. The van der Waals surface area contributed by atoms with E-state index in [1.54, 1.807) is 0 Å². The van der Waals surface area contributed by atoms with Gasteiger partial charge in [-0.3, -0.25) is 14.9 Å². The van der Waals surface area contributed by atoms with Gasteiger partial charge in [-0.1, -0.05) is 90.5 Å². The minimum absolute atomic E-state index is 0.0801. The molecule has 0 saturated carbocycles. The summed E-state index contributed by atoms with van der Waals surface area (Å²) < 4.78 is 5.58. The van der Waals surface area contributed by atoms with Gasteiger partial charge in [-0.05, 0) is 46.0 Å². The maximum absolute atomic E-state index is 13.1. The first-order chi connectivity index (χ1) is 18.9. The third kappa shape index (κ3) is 5.78. The summed E-state index contributed by atoms with van der Waals surface area (Å²) >= 11 is 6.39. The lowest BCUT2D eigenvalue weighted by atomic mass is 9.98. The number of carboxylic acid groups (broad SMARTS) is 1. The number of rotatable bonds is 8. The number of carboxylic acids is 1. The van der Waals surface area contributed by atoms with Gasteiger partial charge in [0.05, 0.1) is 10.7 Å². The highest BCUT2D eigenvalue weighted by Gasteiger charge is 2.29. The van der Waals surface area contributed by atoms with E-state index in [1.807, 2.05) is 66.7 Å².